The Bertz CT molecular complexity index is 388. The predicted octanol–water partition coefficient (Wildman–Crippen LogP) is 2.73. The van der Waals surface area contributed by atoms with E-state index in [-0.39, 0.29) is 13.4 Å². The van der Waals surface area contributed by atoms with E-state index in [9.17, 15) is 5.11 Å². The molecule has 19 heavy (non-hydrogen) atoms. The minimum Gasteiger partial charge on any atom is -0.493 e. The lowest BCUT2D eigenvalue weighted by Gasteiger charge is -2.12. The first-order valence-electron chi connectivity index (χ1n) is 6.90. The minimum atomic E-state index is -0.0496. The molecule has 1 aliphatic rings. The van der Waals surface area contributed by atoms with E-state index in [1.165, 1.54) is 12.8 Å². The summed E-state index contributed by atoms with van der Waals surface area (Å²) < 4.78 is 16.5. The van der Waals surface area contributed by atoms with Crippen LogP contribution in [0.4, 0.5) is 0 Å². The fraction of sp³-hybridized carbons (Fsp3) is 0.600. The zero-order chi connectivity index (χ0) is 13.5. The van der Waals surface area contributed by atoms with Gasteiger partial charge in [-0.2, -0.15) is 0 Å². The summed E-state index contributed by atoms with van der Waals surface area (Å²) in [5.41, 5.74) is 0.749. The molecule has 0 amide bonds. The first-order chi connectivity index (χ1) is 9.33. The van der Waals surface area contributed by atoms with Gasteiger partial charge in [0.2, 0.25) is 0 Å². The van der Waals surface area contributed by atoms with Crippen molar-refractivity contribution in [3.8, 4) is 11.5 Å². The number of ether oxygens (including phenoxy) is 3. The summed E-state index contributed by atoms with van der Waals surface area (Å²) in [6.45, 7) is 3.68. The van der Waals surface area contributed by atoms with Crippen molar-refractivity contribution in [1.82, 2.24) is 0 Å². The topological polar surface area (TPSA) is 47.9 Å². The van der Waals surface area contributed by atoms with Crippen molar-refractivity contribution in [2.24, 2.45) is 5.92 Å². The molecular weight excluding hydrogens is 244 g/mol. The molecule has 1 fully saturated rings. The van der Waals surface area contributed by atoms with Gasteiger partial charge < -0.3 is 19.3 Å². The molecule has 0 bridgehead atoms. The Morgan fingerprint density at radius 2 is 2.11 bits per heavy atom. The predicted molar refractivity (Wildman–Crippen MR) is 72.3 cm³/mol. The van der Waals surface area contributed by atoms with Crippen LogP contribution in [0.25, 0.3) is 0 Å². The number of benzene rings is 1. The van der Waals surface area contributed by atoms with Gasteiger partial charge in [-0.25, -0.2) is 0 Å². The van der Waals surface area contributed by atoms with E-state index in [1.807, 2.05) is 18.2 Å². The third-order valence-corrected chi connectivity index (χ3v) is 3.03. The zero-order valence-corrected chi connectivity index (χ0v) is 11.4. The Morgan fingerprint density at radius 3 is 2.79 bits per heavy atom. The van der Waals surface area contributed by atoms with Crippen LogP contribution in [0.3, 0.4) is 0 Å². The smallest absolute Gasteiger partial charge is 0.189 e. The fourth-order valence-electron chi connectivity index (χ4n) is 1.71. The monoisotopic (exact) mass is 266 g/mol. The highest BCUT2D eigenvalue weighted by atomic mass is 16.7. The van der Waals surface area contributed by atoms with E-state index >= 15 is 0 Å². The van der Waals surface area contributed by atoms with Crippen LogP contribution in [-0.4, -0.2) is 25.1 Å². The van der Waals surface area contributed by atoms with Crippen molar-refractivity contribution >= 4 is 0 Å². The molecule has 0 heterocycles. The maximum absolute atomic E-state index is 9.28. The van der Waals surface area contributed by atoms with Crippen LogP contribution in [0.2, 0.25) is 0 Å². The number of hydrogen-bond donors (Lipinski definition) is 1. The second-order valence-corrected chi connectivity index (χ2v) is 4.85. The van der Waals surface area contributed by atoms with Gasteiger partial charge in [0.15, 0.2) is 6.79 Å². The number of aliphatic hydroxyl groups excluding tert-OH is 1. The summed E-state index contributed by atoms with van der Waals surface area (Å²) in [6, 6.07) is 5.47. The third-order valence-electron chi connectivity index (χ3n) is 3.03. The van der Waals surface area contributed by atoms with Gasteiger partial charge in [-0.3, -0.25) is 0 Å². The second-order valence-electron chi connectivity index (χ2n) is 4.85. The molecule has 0 aliphatic heterocycles. The van der Waals surface area contributed by atoms with E-state index in [0.717, 1.165) is 30.3 Å². The molecule has 4 heteroatoms. The maximum Gasteiger partial charge on any atom is 0.189 e. The van der Waals surface area contributed by atoms with Crippen molar-refractivity contribution in [3.63, 3.8) is 0 Å². The molecule has 1 aliphatic carbocycles. The lowest BCUT2D eigenvalue weighted by atomic mass is 10.2. The summed E-state index contributed by atoms with van der Waals surface area (Å²) in [5.74, 6) is 2.11. The highest BCUT2D eigenvalue weighted by Gasteiger charge is 2.21. The Kier molecular flexibility index (Phi) is 5.48. The average Bonchev–Trinajstić information content (AvgIpc) is 3.25. The molecule has 1 aromatic carbocycles. The van der Waals surface area contributed by atoms with Gasteiger partial charge in [-0.1, -0.05) is 6.92 Å². The van der Waals surface area contributed by atoms with Gasteiger partial charge in [0.1, 0.15) is 11.5 Å². The Morgan fingerprint density at radius 1 is 1.26 bits per heavy atom. The Balaban J connectivity index is 1.86. The minimum absolute atomic E-state index is 0.0496. The zero-order valence-electron chi connectivity index (χ0n) is 11.4. The van der Waals surface area contributed by atoms with Crippen LogP contribution in [-0.2, 0) is 11.3 Å². The van der Waals surface area contributed by atoms with Crippen molar-refractivity contribution in [3.05, 3.63) is 23.8 Å². The van der Waals surface area contributed by atoms with E-state index in [4.69, 9.17) is 14.2 Å². The molecule has 0 aromatic heterocycles. The van der Waals surface area contributed by atoms with Gasteiger partial charge in [-0.15, -0.1) is 0 Å². The van der Waals surface area contributed by atoms with Crippen LogP contribution in [0.1, 0.15) is 31.7 Å². The summed E-state index contributed by atoms with van der Waals surface area (Å²) in [4.78, 5) is 0. The van der Waals surface area contributed by atoms with Crippen LogP contribution < -0.4 is 9.47 Å². The maximum atomic E-state index is 9.28. The van der Waals surface area contributed by atoms with Crippen LogP contribution in [0.15, 0.2) is 18.2 Å². The molecule has 2 rings (SSSR count). The highest BCUT2D eigenvalue weighted by molar-refractivity contribution is 5.40. The van der Waals surface area contributed by atoms with Gasteiger partial charge in [-0.05, 0) is 37.3 Å². The van der Waals surface area contributed by atoms with Gasteiger partial charge in [0.05, 0.1) is 19.8 Å². The molecule has 0 atom stereocenters. The van der Waals surface area contributed by atoms with Gasteiger partial charge in [0, 0.05) is 11.6 Å². The molecule has 0 unspecified atom stereocenters. The number of hydrogen-bond acceptors (Lipinski definition) is 4. The number of rotatable bonds is 9. The quantitative estimate of drug-likeness (QED) is 0.551. The normalized spacial score (nSPS) is 14.4. The van der Waals surface area contributed by atoms with E-state index in [0.29, 0.717) is 12.4 Å². The standard InChI is InChI=1S/C15H22O4/c1-2-7-18-14-6-5-13(9-16)15(8-14)19-11-17-10-12-3-4-12/h5-6,8,12,16H,2-4,7,9-11H2,1H3. The highest BCUT2D eigenvalue weighted by Crippen LogP contribution is 2.29. The van der Waals surface area contributed by atoms with E-state index < -0.39 is 0 Å². The third kappa shape index (κ3) is 4.73. The first kappa shape index (κ1) is 14.2. The van der Waals surface area contributed by atoms with Crippen LogP contribution in [0.5, 0.6) is 11.5 Å². The fourth-order valence-corrected chi connectivity index (χ4v) is 1.71. The van der Waals surface area contributed by atoms with Crippen molar-refractivity contribution < 1.29 is 19.3 Å². The van der Waals surface area contributed by atoms with Gasteiger partial charge >= 0.3 is 0 Å². The second kappa shape index (κ2) is 7.36. The SMILES string of the molecule is CCCOc1ccc(CO)c(OCOCC2CC2)c1. The molecule has 4 nitrogen and oxygen atoms in total. The first-order valence-corrected chi connectivity index (χ1v) is 6.90. The van der Waals surface area contributed by atoms with Gasteiger partial charge in [0.25, 0.3) is 0 Å². The summed E-state index contributed by atoms with van der Waals surface area (Å²) in [6.07, 6.45) is 3.49. The molecule has 1 N–H and O–H groups in total. The number of aliphatic hydroxyl groups is 1. The molecular formula is C15H22O4. The van der Waals surface area contributed by atoms with Crippen molar-refractivity contribution in [2.45, 2.75) is 32.8 Å². The van der Waals surface area contributed by atoms with E-state index in [1.54, 1.807) is 0 Å². The summed E-state index contributed by atoms with van der Waals surface area (Å²) in [5, 5.41) is 9.28. The van der Waals surface area contributed by atoms with Crippen LogP contribution in [0, 0.1) is 5.92 Å². The molecule has 0 radical (unpaired) electrons. The lowest BCUT2D eigenvalue weighted by Crippen LogP contribution is -2.07. The molecule has 1 aromatic rings. The average molecular weight is 266 g/mol. The molecule has 0 saturated heterocycles. The summed E-state index contributed by atoms with van der Waals surface area (Å²) >= 11 is 0. The Hall–Kier alpha value is -1.26. The van der Waals surface area contributed by atoms with Crippen LogP contribution >= 0.6 is 0 Å². The van der Waals surface area contributed by atoms with Crippen molar-refractivity contribution in [2.75, 3.05) is 20.0 Å². The molecule has 106 valence electrons. The largest absolute Gasteiger partial charge is 0.493 e. The Labute approximate surface area is 114 Å². The molecule has 0 spiro atoms. The van der Waals surface area contributed by atoms with Crippen molar-refractivity contribution in [1.29, 1.82) is 0 Å². The molecule has 1 saturated carbocycles. The summed E-state index contributed by atoms with van der Waals surface area (Å²) in [7, 11) is 0. The lowest BCUT2D eigenvalue weighted by molar-refractivity contribution is 0.00879. The van der Waals surface area contributed by atoms with E-state index in [2.05, 4.69) is 6.92 Å².